The Kier molecular flexibility index (Phi) is 10.2. The number of halogens is 1. The highest BCUT2D eigenvalue weighted by molar-refractivity contribution is 9.10. The van der Waals surface area contributed by atoms with E-state index < -0.39 is 10.0 Å². The molecule has 2 aliphatic rings. The molecule has 0 bridgehead atoms. The van der Waals surface area contributed by atoms with Crippen LogP contribution in [-0.4, -0.2) is 110 Å². The smallest absolute Gasteiger partial charge is 0.234 e. The van der Waals surface area contributed by atoms with Crippen molar-refractivity contribution in [2.45, 2.75) is 32.7 Å². The quantitative estimate of drug-likeness (QED) is 0.227. The van der Waals surface area contributed by atoms with Crippen LogP contribution in [0.2, 0.25) is 0 Å². The number of fused-ring (bicyclic) bond motifs is 1. The topological polar surface area (TPSA) is 132 Å². The van der Waals surface area contributed by atoms with Crippen LogP contribution >= 0.6 is 15.9 Å². The van der Waals surface area contributed by atoms with Crippen LogP contribution < -0.4 is 24.6 Å². The molecule has 0 aliphatic carbocycles. The number of hydrogen-bond acceptors (Lipinski definition) is 12. The van der Waals surface area contributed by atoms with Gasteiger partial charge in [-0.1, -0.05) is 0 Å². The van der Waals surface area contributed by atoms with E-state index in [0.717, 1.165) is 63.4 Å². The monoisotopic (exact) mass is 738 g/mol. The van der Waals surface area contributed by atoms with Gasteiger partial charge in [-0.15, -0.1) is 0 Å². The zero-order valence-corrected chi connectivity index (χ0v) is 30.5. The van der Waals surface area contributed by atoms with E-state index in [-0.39, 0.29) is 5.75 Å². The predicted octanol–water partition coefficient (Wildman–Crippen LogP) is 4.99. The molecule has 0 unspecified atom stereocenters. The zero-order chi connectivity index (χ0) is 34.0. The van der Waals surface area contributed by atoms with Crippen molar-refractivity contribution in [2.75, 3.05) is 86.1 Å². The molecule has 48 heavy (non-hydrogen) atoms. The van der Waals surface area contributed by atoms with E-state index in [1.807, 2.05) is 0 Å². The summed E-state index contributed by atoms with van der Waals surface area (Å²) >= 11 is 3.55. The molecule has 2 aliphatic heterocycles. The van der Waals surface area contributed by atoms with Gasteiger partial charge in [-0.3, -0.25) is 19.2 Å². The first-order valence-electron chi connectivity index (χ1n) is 16.2. The maximum Gasteiger partial charge on any atom is 0.234 e. The molecule has 15 heteroatoms. The molecule has 2 N–H and O–H groups in total. The second-order valence-corrected chi connectivity index (χ2v) is 15.4. The molecule has 0 spiro atoms. The van der Waals surface area contributed by atoms with Crippen LogP contribution in [0.4, 0.5) is 34.5 Å². The molecule has 2 fully saturated rings. The number of nitrogens with zero attached hydrogens (tertiary/aromatic N) is 8. The molecule has 6 rings (SSSR count). The average Bonchev–Trinajstić information content (AvgIpc) is 3.10. The van der Waals surface area contributed by atoms with E-state index in [2.05, 4.69) is 82.3 Å². The maximum atomic E-state index is 13.0. The minimum absolute atomic E-state index is 0.0697. The van der Waals surface area contributed by atoms with E-state index in [0.29, 0.717) is 50.4 Å². The van der Waals surface area contributed by atoms with Gasteiger partial charge in [-0.2, -0.15) is 4.98 Å². The summed E-state index contributed by atoms with van der Waals surface area (Å²) in [4.78, 5) is 25.6. The van der Waals surface area contributed by atoms with Gasteiger partial charge in [0.15, 0.2) is 0 Å². The normalized spacial score (nSPS) is 16.7. The number of hydrogen-bond donors (Lipinski definition) is 2. The summed E-state index contributed by atoms with van der Waals surface area (Å²) < 4.78 is 33.6. The van der Waals surface area contributed by atoms with Crippen LogP contribution in [0.5, 0.6) is 5.75 Å². The lowest BCUT2D eigenvalue weighted by Gasteiger charge is -2.43. The fourth-order valence-corrected chi connectivity index (χ4v) is 7.62. The van der Waals surface area contributed by atoms with Crippen molar-refractivity contribution >= 4 is 71.5 Å². The van der Waals surface area contributed by atoms with Crippen molar-refractivity contribution in [1.82, 2.24) is 29.7 Å². The third-order valence-electron chi connectivity index (χ3n) is 9.33. The van der Waals surface area contributed by atoms with Crippen LogP contribution in [0.1, 0.15) is 25.3 Å². The number of sulfonamides is 1. The number of methoxy groups -OCH3 is 1. The highest BCUT2D eigenvalue weighted by atomic mass is 79.9. The fourth-order valence-electron chi connectivity index (χ4n) is 6.48. The molecular weight excluding hydrogens is 696 g/mol. The lowest BCUT2D eigenvalue weighted by atomic mass is 10.0. The highest BCUT2D eigenvalue weighted by Gasteiger charge is 2.28. The van der Waals surface area contributed by atoms with E-state index in [4.69, 9.17) is 9.72 Å². The number of benzene rings is 2. The zero-order valence-electron chi connectivity index (χ0n) is 28.1. The lowest BCUT2D eigenvalue weighted by molar-refractivity contribution is 0.0982. The average molecular weight is 740 g/mol. The molecule has 4 aromatic rings. The Bertz CT molecular complexity index is 1880. The Labute approximate surface area is 290 Å². The number of likely N-dealkylation sites (N-methyl/N-ethyl adjacent to an activating group) is 1. The fraction of sp³-hybridized carbons (Fsp3) is 0.455. The van der Waals surface area contributed by atoms with Gasteiger partial charge in [0.1, 0.15) is 22.8 Å². The van der Waals surface area contributed by atoms with Crippen molar-refractivity contribution in [1.29, 1.82) is 0 Å². The van der Waals surface area contributed by atoms with Crippen molar-refractivity contribution in [3.8, 4) is 5.75 Å². The number of aromatic nitrogens is 4. The van der Waals surface area contributed by atoms with E-state index in [1.54, 1.807) is 44.8 Å². The number of ether oxygens (including phenoxy) is 1. The summed E-state index contributed by atoms with van der Waals surface area (Å²) in [5.74, 6) is 1.41. The van der Waals surface area contributed by atoms with Gasteiger partial charge in [0, 0.05) is 82.7 Å². The van der Waals surface area contributed by atoms with E-state index in [9.17, 15) is 8.42 Å². The minimum atomic E-state index is -3.60. The number of piperazine rings is 1. The molecule has 0 atom stereocenters. The Balaban J connectivity index is 1.22. The van der Waals surface area contributed by atoms with Gasteiger partial charge < -0.3 is 25.2 Å². The Hall–Kier alpha value is -3.79. The van der Waals surface area contributed by atoms with Crippen molar-refractivity contribution in [3.05, 3.63) is 52.9 Å². The molecular formula is C33H43BrN10O3S. The number of nitrogens with one attached hydrogen (secondary N) is 2. The first-order valence-corrected chi connectivity index (χ1v) is 18.6. The number of piperidine rings is 1. The van der Waals surface area contributed by atoms with E-state index in [1.165, 1.54) is 17.0 Å². The first-order chi connectivity index (χ1) is 23.1. The Morgan fingerprint density at radius 3 is 2.44 bits per heavy atom. The summed E-state index contributed by atoms with van der Waals surface area (Å²) in [7, 11) is 1.78. The van der Waals surface area contributed by atoms with Gasteiger partial charge in [0.2, 0.25) is 16.0 Å². The highest BCUT2D eigenvalue weighted by Crippen LogP contribution is 2.39. The van der Waals surface area contributed by atoms with Crippen LogP contribution in [0.25, 0.3) is 11.0 Å². The molecule has 4 heterocycles. The van der Waals surface area contributed by atoms with Gasteiger partial charge in [-0.05, 0) is 73.4 Å². The van der Waals surface area contributed by atoms with E-state index >= 15 is 0 Å². The van der Waals surface area contributed by atoms with Gasteiger partial charge in [-0.25, -0.2) is 13.4 Å². The van der Waals surface area contributed by atoms with Crippen molar-refractivity contribution < 1.29 is 13.2 Å². The Morgan fingerprint density at radius 2 is 1.73 bits per heavy atom. The van der Waals surface area contributed by atoms with Crippen molar-refractivity contribution in [3.63, 3.8) is 0 Å². The number of anilines is 6. The third kappa shape index (κ3) is 7.14. The van der Waals surface area contributed by atoms with Gasteiger partial charge in [0.05, 0.1) is 34.2 Å². The minimum Gasteiger partial charge on any atom is -0.494 e. The summed E-state index contributed by atoms with van der Waals surface area (Å²) in [5, 5.41) is 6.64. The molecule has 2 aromatic carbocycles. The summed E-state index contributed by atoms with van der Waals surface area (Å²) in [6.07, 6.45) is 7.07. The number of rotatable bonds is 10. The second kappa shape index (κ2) is 14.4. The molecule has 2 saturated heterocycles. The molecule has 13 nitrogen and oxygen atoms in total. The van der Waals surface area contributed by atoms with Gasteiger partial charge >= 0.3 is 0 Å². The van der Waals surface area contributed by atoms with Crippen LogP contribution in [-0.2, 0) is 10.0 Å². The van der Waals surface area contributed by atoms with Crippen LogP contribution in [0.3, 0.4) is 0 Å². The summed E-state index contributed by atoms with van der Waals surface area (Å²) in [6, 6.07) is 8.38. The lowest BCUT2D eigenvalue weighted by Crippen LogP contribution is -2.52. The molecule has 2 aromatic heterocycles. The molecule has 256 valence electrons. The first kappa shape index (κ1) is 34.1. The van der Waals surface area contributed by atoms with Crippen LogP contribution in [0.15, 0.2) is 47.3 Å². The molecule has 0 amide bonds. The van der Waals surface area contributed by atoms with Gasteiger partial charge in [0.25, 0.3) is 0 Å². The SMILES string of the molecule is CCS(=O)(=O)N(C)c1c(Nc2nc(Nc3cc(C)c(N4CCC(N5CCN(C)CC5)CC4)cc3OC)ncc2Br)ccc2nccnc12. The van der Waals surface area contributed by atoms with Crippen molar-refractivity contribution in [2.24, 2.45) is 0 Å². The Morgan fingerprint density at radius 1 is 1.00 bits per heavy atom. The van der Waals surface area contributed by atoms with Crippen LogP contribution in [0, 0.1) is 6.92 Å². The standard InChI is InChI=1S/C33H43BrN10O3S/c1-6-48(45,46)42(4)31-26(8-7-25-30(31)36-12-11-35-25)38-32-24(34)21-37-33(40-32)39-27-19-22(2)28(20-29(27)47-5)44-13-9-23(10-14-44)43-17-15-41(3)16-18-43/h7-8,11-12,19-21,23H,6,9-10,13-18H2,1-5H3,(H2,37,38,39,40). The second-order valence-electron chi connectivity index (χ2n) is 12.3. The number of aryl methyl sites for hydroxylation is 1. The largest absolute Gasteiger partial charge is 0.494 e. The molecule has 0 radical (unpaired) electrons. The summed E-state index contributed by atoms with van der Waals surface area (Å²) in [5.41, 5.74) is 4.96. The molecule has 0 saturated carbocycles. The third-order valence-corrected chi connectivity index (χ3v) is 11.7. The maximum absolute atomic E-state index is 13.0. The predicted molar refractivity (Wildman–Crippen MR) is 196 cm³/mol. The summed E-state index contributed by atoms with van der Waals surface area (Å²) in [6.45, 7) is 10.3.